The predicted octanol–water partition coefficient (Wildman–Crippen LogP) is 4.76. The fraction of sp³-hybridized carbons (Fsp3) is 0.350. The van der Waals surface area contributed by atoms with Crippen LogP contribution in [0.3, 0.4) is 0 Å². The minimum atomic E-state index is -0.544. The molecule has 4 rings (SSSR count). The molecule has 0 bridgehead atoms. The van der Waals surface area contributed by atoms with Gasteiger partial charge in [-0.25, -0.2) is 18.7 Å². The van der Waals surface area contributed by atoms with Crippen LogP contribution < -0.4 is 4.90 Å². The highest BCUT2D eigenvalue weighted by atomic mass is 19.1. The van der Waals surface area contributed by atoms with E-state index < -0.39 is 11.6 Å². The normalized spacial score (nSPS) is 15.2. The maximum atomic E-state index is 14.8. The van der Waals surface area contributed by atoms with E-state index in [2.05, 4.69) is 30.2 Å². The number of hydrogen-bond acceptors (Lipinski definition) is 3. The summed E-state index contributed by atoms with van der Waals surface area (Å²) in [5, 5.41) is 0.792. The van der Waals surface area contributed by atoms with Gasteiger partial charge in [-0.1, -0.05) is 0 Å². The molecule has 0 unspecified atom stereocenters. The summed E-state index contributed by atoms with van der Waals surface area (Å²) < 4.78 is 31.6. The van der Waals surface area contributed by atoms with Crippen LogP contribution in [-0.2, 0) is 0 Å². The predicted molar refractivity (Wildman–Crippen MR) is 99.0 cm³/mol. The van der Waals surface area contributed by atoms with Crippen molar-refractivity contribution in [2.75, 3.05) is 18.0 Å². The van der Waals surface area contributed by atoms with E-state index in [4.69, 9.17) is 0 Å². The highest BCUT2D eigenvalue weighted by Gasteiger charge is 2.21. The molecule has 1 aromatic carbocycles. The third-order valence-corrected chi connectivity index (χ3v) is 4.88. The Hall–Kier alpha value is -2.50. The minimum Gasteiger partial charge on any atom is -0.367 e. The van der Waals surface area contributed by atoms with Crippen LogP contribution in [0.15, 0.2) is 30.7 Å². The van der Waals surface area contributed by atoms with Gasteiger partial charge in [0, 0.05) is 36.3 Å². The molecule has 0 aliphatic carbocycles. The van der Waals surface area contributed by atoms with Gasteiger partial charge in [0.25, 0.3) is 0 Å². The van der Waals surface area contributed by atoms with Crippen LogP contribution in [0.1, 0.15) is 32.7 Å². The van der Waals surface area contributed by atoms with Crippen molar-refractivity contribution in [2.45, 2.75) is 32.7 Å². The van der Waals surface area contributed by atoms with Crippen molar-refractivity contribution in [3.8, 4) is 11.3 Å². The average Bonchev–Trinajstić information content (AvgIpc) is 3.06. The number of aromatic nitrogens is 3. The fourth-order valence-electron chi connectivity index (χ4n) is 3.60. The van der Waals surface area contributed by atoms with Gasteiger partial charge in [0.05, 0.1) is 5.69 Å². The SMILES string of the molecule is CC(C)n1ccc2c(-c3cc(F)c(N4CC[CH]CC4)c(F)c3)ncnc21. The second-order valence-corrected chi connectivity index (χ2v) is 6.92. The monoisotopic (exact) mass is 355 g/mol. The van der Waals surface area contributed by atoms with Gasteiger partial charge in [-0.15, -0.1) is 0 Å². The molecule has 1 aliphatic heterocycles. The zero-order valence-corrected chi connectivity index (χ0v) is 14.9. The average molecular weight is 355 g/mol. The number of hydrogen-bond donors (Lipinski definition) is 0. The van der Waals surface area contributed by atoms with Crippen LogP contribution in [0.2, 0.25) is 0 Å². The number of piperidine rings is 1. The molecule has 0 amide bonds. The Morgan fingerprint density at radius 2 is 1.73 bits per heavy atom. The maximum Gasteiger partial charge on any atom is 0.150 e. The molecule has 1 fully saturated rings. The van der Waals surface area contributed by atoms with Crippen molar-refractivity contribution in [1.29, 1.82) is 0 Å². The topological polar surface area (TPSA) is 34.0 Å². The zero-order chi connectivity index (χ0) is 18.3. The second kappa shape index (κ2) is 6.67. The fourth-order valence-corrected chi connectivity index (χ4v) is 3.60. The summed E-state index contributed by atoms with van der Waals surface area (Å²) in [6.07, 6.45) is 7.21. The molecule has 4 nitrogen and oxygen atoms in total. The highest BCUT2D eigenvalue weighted by Crippen LogP contribution is 2.33. The molecule has 26 heavy (non-hydrogen) atoms. The maximum absolute atomic E-state index is 14.8. The molecule has 3 aromatic rings. The van der Waals surface area contributed by atoms with E-state index in [0.29, 0.717) is 24.3 Å². The lowest BCUT2D eigenvalue weighted by Gasteiger charge is -2.29. The summed E-state index contributed by atoms with van der Waals surface area (Å²) >= 11 is 0. The number of fused-ring (bicyclic) bond motifs is 1. The molecule has 0 N–H and O–H groups in total. The van der Waals surface area contributed by atoms with Crippen LogP contribution >= 0.6 is 0 Å². The summed E-state index contributed by atoms with van der Waals surface area (Å²) in [6.45, 7) is 5.40. The Balaban J connectivity index is 1.80. The van der Waals surface area contributed by atoms with Crippen LogP contribution in [-0.4, -0.2) is 27.6 Å². The molecule has 0 saturated carbocycles. The molecule has 6 heteroatoms. The first kappa shape index (κ1) is 16.9. The Morgan fingerprint density at radius 1 is 1.04 bits per heavy atom. The summed E-state index contributed by atoms with van der Waals surface area (Å²) in [7, 11) is 0. The standard InChI is InChI=1S/C20H21F2N4/c1-13(2)26-9-6-15-18(23-12-24-20(15)26)14-10-16(21)19(17(22)11-14)25-7-4-3-5-8-25/h3,6,9-13H,4-5,7-8H2,1-2H3. The summed E-state index contributed by atoms with van der Waals surface area (Å²) in [6, 6.07) is 4.90. The molecule has 1 aliphatic rings. The Morgan fingerprint density at radius 3 is 2.38 bits per heavy atom. The van der Waals surface area contributed by atoms with Gasteiger partial charge in [0.1, 0.15) is 29.3 Å². The molecular formula is C20H21F2N4. The van der Waals surface area contributed by atoms with Crippen LogP contribution in [0.4, 0.5) is 14.5 Å². The molecule has 135 valence electrons. The number of anilines is 1. The lowest BCUT2D eigenvalue weighted by molar-refractivity contribution is 0.560. The lowest BCUT2D eigenvalue weighted by Crippen LogP contribution is -2.31. The lowest BCUT2D eigenvalue weighted by atomic mass is 10.1. The van der Waals surface area contributed by atoms with E-state index in [9.17, 15) is 8.78 Å². The smallest absolute Gasteiger partial charge is 0.150 e. The van der Waals surface area contributed by atoms with Crippen LogP contribution in [0.25, 0.3) is 22.3 Å². The van der Waals surface area contributed by atoms with Gasteiger partial charge in [0.15, 0.2) is 0 Å². The first-order valence-corrected chi connectivity index (χ1v) is 8.94. The van der Waals surface area contributed by atoms with E-state index in [1.54, 1.807) is 4.90 Å². The van der Waals surface area contributed by atoms with Crippen LogP contribution in [0, 0.1) is 18.1 Å². The molecule has 0 atom stereocenters. The van der Waals surface area contributed by atoms with Crippen molar-refractivity contribution in [2.24, 2.45) is 0 Å². The van der Waals surface area contributed by atoms with Crippen molar-refractivity contribution in [1.82, 2.24) is 14.5 Å². The van der Waals surface area contributed by atoms with Crippen molar-refractivity contribution >= 4 is 16.7 Å². The van der Waals surface area contributed by atoms with Crippen molar-refractivity contribution in [3.05, 3.63) is 48.8 Å². The van der Waals surface area contributed by atoms with Crippen molar-refractivity contribution in [3.63, 3.8) is 0 Å². The Bertz CT molecular complexity index is 919. The summed E-state index contributed by atoms with van der Waals surface area (Å²) in [5.41, 5.74) is 1.81. The third kappa shape index (κ3) is 2.83. The second-order valence-electron chi connectivity index (χ2n) is 6.92. The molecular weight excluding hydrogens is 334 g/mol. The number of benzene rings is 1. The summed E-state index contributed by atoms with van der Waals surface area (Å²) in [4.78, 5) is 10.4. The highest BCUT2D eigenvalue weighted by molar-refractivity contribution is 5.91. The first-order valence-electron chi connectivity index (χ1n) is 8.94. The molecule has 1 saturated heterocycles. The van der Waals surface area contributed by atoms with E-state index in [-0.39, 0.29) is 11.7 Å². The van der Waals surface area contributed by atoms with Crippen LogP contribution in [0.5, 0.6) is 0 Å². The van der Waals surface area contributed by atoms with Crippen molar-refractivity contribution < 1.29 is 8.78 Å². The molecule has 2 aromatic heterocycles. The van der Waals surface area contributed by atoms with E-state index in [0.717, 1.165) is 23.9 Å². The first-order chi connectivity index (χ1) is 12.6. The van der Waals surface area contributed by atoms with Gasteiger partial charge in [0.2, 0.25) is 0 Å². The third-order valence-electron chi connectivity index (χ3n) is 4.88. The van der Waals surface area contributed by atoms with E-state index in [1.165, 1.54) is 18.5 Å². The van der Waals surface area contributed by atoms with E-state index in [1.807, 2.05) is 16.8 Å². The van der Waals surface area contributed by atoms with Gasteiger partial charge in [-0.2, -0.15) is 0 Å². The molecule has 1 radical (unpaired) electrons. The largest absolute Gasteiger partial charge is 0.367 e. The summed E-state index contributed by atoms with van der Waals surface area (Å²) in [5.74, 6) is -1.09. The zero-order valence-electron chi connectivity index (χ0n) is 14.9. The minimum absolute atomic E-state index is 0.0619. The Kier molecular flexibility index (Phi) is 4.34. The number of nitrogens with zero attached hydrogens (tertiary/aromatic N) is 4. The van der Waals surface area contributed by atoms with Gasteiger partial charge in [-0.05, 0) is 51.3 Å². The number of halogens is 2. The van der Waals surface area contributed by atoms with Gasteiger partial charge in [-0.3, -0.25) is 0 Å². The number of rotatable bonds is 3. The quantitative estimate of drug-likeness (QED) is 0.679. The molecule has 3 heterocycles. The van der Waals surface area contributed by atoms with Gasteiger partial charge >= 0.3 is 0 Å². The van der Waals surface area contributed by atoms with Gasteiger partial charge < -0.3 is 9.47 Å². The van der Waals surface area contributed by atoms with E-state index >= 15 is 0 Å². The molecule has 0 spiro atoms. The Labute approximate surface area is 151 Å².